The summed E-state index contributed by atoms with van der Waals surface area (Å²) in [6, 6.07) is 9.27. The van der Waals surface area contributed by atoms with E-state index in [0.29, 0.717) is 15.7 Å². The number of halogens is 2. The summed E-state index contributed by atoms with van der Waals surface area (Å²) in [6.07, 6.45) is 1.91. The number of rotatable bonds is 3. The maximum atomic E-state index is 6.45. The van der Waals surface area contributed by atoms with E-state index in [4.69, 9.17) is 38.7 Å². The molecule has 3 aromatic rings. The lowest BCUT2D eigenvalue weighted by molar-refractivity contribution is 0.0336. The van der Waals surface area contributed by atoms with Crippen molar-refractivity contribution < 1.29 is 4.74 Å². The molecule has 7 heteroatoms. The van der Waals surface area contributed by atoms with Crippen LogP contribution < -0.4 is 5.73 Å². The van der Waals surface area contributed by atoms with Crippen molar-refractivity contribution in [2.45, 2.75) is 6.54 Å². The lowest BCUT2D eigenvalue weighted by Gasteiger charge is -2.26. The normalized spacial score (nSPS) is 15.8. The molecule has 3 heterocycles. The zero-order valence-electron chi connectivity index (χ0n) is 13.6. The summed E-state index contributed by atoms with van der Waals surface area (Å²) in [7, 11) is 0. The van der Waals surface area contributed by atoms with E-state index in [1.165, 1.54) is 0 Å². The number of aromatic nitrogens is 2. The number of benzene rings is 1. The minimum absolute atomic E-state index is 0.590. The second-order valence-corrected chi connectivity index (χ2v) is 6.95. The van der Waals surface area contributed by atoms with Crippen molar-refractivity contribution in [3.8, 4) is 11.3 Å². The number of nitrogen functional groups attached to an aromatic ring is 1. The summed E-state index contributed by atoms with van der Waals surface area (Å²) in [5, 5.41) is 1.20. The number of imidazole rings is 1. The molecule has 1 aliphatic heterocycles. The molecular weight excluding hydrogens is 359 g/mol. The van der Waals surface area contributed by atoms with Crippen molar-refractivity contribution in [1.82, 2.24) is 14.3 Å². The van der Waals surface area contributed by atoms with Gasteiger partial charge in [0.05, 0.1) is 29.6 Å². The number of anilines is 1. The van der Waals surface area contributed by atoms with Crippen LogP contribution in [0.1, 0.15) is 5.69 Å². The largest absolute Gasteiger partial charge is 0.398 e. The van der Waals surface area contributed by atoms with E-state index < -0.39 is 0 Å². The van der Waals surface area contributed by atoms with Gasteiger partial charge in [0.2, 0.25) is 0 Å². The highest BCUT2D eigenvalue weighted by atomic mass is 35.5. The monoisotopic (exact) mass is 376 g/mol. The van der Waals surface area contributed by atoms with Gasteiger partial charge in [-0.05, 0) is 30.3 Å². The molecule has 130 valence electrons. The number of nitrogens with zero attached hydrogens (tertiary/aromatic N) is 3. The van der Waals surface area contributed by atoms with Crippen molar-refractivity contribution in [2.24, 2.45) is 0 Å². The first-order valence-corrected chi connectivity index (χ1v) is 8.89. The van der Waals surface area contributed by atoms with Crippen LogP contribution in [0.2, 0.25) is 10.0 Å². The molecule has 0 aliphatic carbocycles. The van der Waals surface area contributed by atoms with Crippen molar-refractivity contribution >= 4 is 34.5 Å². The molecule has 1 aromatic carbocycles. The van der Waals surface area contributed by atoms with Gasteiger partial charge >= 0.3 is 0 Å². The Morgan fingerprint density at radius 3 is 2.68 bits per heavy atom. The number of fused-ring (bicyclic) bond motifs is 1. The lowest BCUT2D eigenvalue weighted by Crippen LogP contribution is -2.36. The van der Waals surface area contributed by atoms with Crippen LogP contribution in [0.5, 0.6) is 0 Å². The van der Waals surface area contributed by atoms with Crippen molar-refractivity contribution in [2.75, 3.05) is 32.0 Å². The Labute approximate surface area is 155 Å². The summed E-state index contributed by atoms with van der Waals surface area (Å²) in [4.78, 5) is 7.15. The molecule has 0 radical (unpaired) electrons. The van der Waals surface area contributed by atoms with Gasteiger partial charge in [-0.15, -0.1) is 0 Å². The van der Waals surface area contributed by atoms with E-state index in [9.17, 15) is 0 Å². The maximum Gasteiger partial charge on any atom is 0.137 e. The first-order valence-electron chi connectivity index (χ1n) is 8.14. The van der Waals surface area contributed by atoms with Gasteiger partial charge in [0.15, 0.2) is 0 Å². The lowest BCUT2D eigenvalue weighted by atomic mass is 10.1. The molecule has 25 heavy (non-hydrogen) atoms. The first kappa shape index (κ1) is 16.7. The van der Waals surface area contributed by atoms with Gasteiger partial charge in [0, 0.05) is 42.1 Å². The van der Waals surface area contributed by atoms with Crippen LogP contribution in [-0.2, 0) is 11.3 Å². The Bertz CT molecular complexity index is 919. The van der Waals surface area contributed by atoms with Crippen LogP contribution in [-0.4, -0.2) is 40.6 Å². The predicted octanol–water partition coefficient (Wildman–Crippen LogP) is 3.72. The molecule has 2 N–H and O–H groups in total. The number of morpholine rings is 1. The highest BCUT2D eigenvalue weighted by Crippen LogP contribution is 2.33. The fourth-order valence-electron chi connectivity index (χ4n) is 3.13. The van der Waals surface area contributed by atoms with E-state index in [-0.39, 0.29) is 0 Å². The molecule has 0 amide bonds. The SMILES string of the molecule is Nc1ccc2nc(-c3ccc(Cl)cc3Cl)c(CN3CCOCC3)n2c1. The van der Waals surface area contributed by atoms with Crippen LogP contribution in [0, 0.1) is 0 Å². The summed E-state index contributed by atoms with van der Waals surface area (Å²) in [6.45, 7) is 4.03. The molecule has 4 rings (SSSR count). The van der Waals surface area contributed by atoms with E-state index in [2.05, 4.69) is 4.90 Å². The predicted molar refractivity (Wildman–Crippen MR) is 101 cm³/mol. The quantitative estimate of drug-likeness (QED) is 0.756. The second kappa shape index (κ2) is 6.84. The van der Waals surface area contributed by atoms with E-state index in [1.807, 2.05) is 34.9 Å². The minimum atomic E-state index is 0.590. The van der Waals surface area contributed by atoms with Crippen LogP contribution in [0.25, 0.3) is 16.9 Å². The van der Waals surface area contributed by atoms with E-state index in [0.717, 1.165) is 55.4 Å². The molecule has 5 nitrogen and oxygen atoms in total. The van der Waals surface area contributed by atoms with Gasteiger partial charge < -0.3 is 14.9 Å². The zero-order chi connectivity index (χ0) is 17.4. The fourth-order valence-corrected chi connectivity index (χ4v) is 3.63. The van der Waals surface area contributed by atoms with Gasteiger partial charge in [-0.3, -0.25) is 4.90 Å². The van der Waals surface area contributed by atoms with Crippen molar-refractivity contribution in [1.29, 1.82) is 0 Å². The average Bonchev–Trinajstić information content (AvgIpc) is 2.93. The Balaban J connectivity index is 1.85. The number of pyridine rings is 1. The third kappa shape index (κ3) is 3.33. The highest BCUT2D eigenvalue weighted by molar-refractivity contribution is 6.36. The number of nitrogens with two attached hydrogens (primary N) is 1. The standard InChI is InChI=1S/C18H18Cl2N4O/c19-12-1-3-14(15(20)9-12)18-16(11-23-5-7-25-8-6-23)24-10-13(21)2-4-17(24)22-18/h1-4,9-10H,5-8,11,21H2. The van der Waals surface area contributed by atoms with Crippen LogP contribution >= 0.6 is 23.2 Å². The molecule has 0 unspecified atom stereocenters. The smallest absolute Gasteiger partial charge is 0.137 e. The summed E-state index contributed by atoms with van der Waals surface area (Å²) >= 11 is 12.5. The third-order valence-corrected chi connectivity index (χ3v) is 4.95. The van der Waals surface area contributed by atoms with E-state index >= 15 is 0 Å². The maximum absolute atomic E-state index is 6.45. The van der Waals surface area contributed by atoms with Gasteiger partial charge in [0.25, 0.3) is 0 Å². The molecule has 0 bridgehead atoms. The Hall–Kier alpha value is -1.79. The fraction of sp³-hybridized carbons (Fsp3) is 0.278. The van der Waals surface area contributed by atoms with Gasteiger partial charge in [-0.2, -0.15) is 0 Å². The summed E-state index contributed by atoms with van der Waals surface area (Å²) in [5.41, 5.74) is 10.3. The third-order valence-electron chi connectivity index (χ3n) is 4.40. The Kier molecular flexibility index (Phi) is 4.56. The molecule has 0 spiro atoms. The Morgan fingerprint density at radius 2 is 1.92 bits per heavy atom. The number of ether oxygens (including phenoxy) is 1. The average molecular weight is 377 g/mol. The summed E-state index contributed by atoms with van der Waals surface area (Å²) in [5.74, 6) is 0. The molecule has 2 aromatic heterocycles. The molecule has 0 saturated carbocycles. The summed E-state index contributed by atoms with van der Waals surface area (Å²) < 4.78 is 7.50. The first-order chi connectivity index (χ1) is 12.1. The highest BCUT2D eigenvalue weighted by Gasteiger charge is 2.20. The number of hydrogen-bond acceptors (Lipinski definition) is 4. The molecule has 0 atom stereocenters. The zero-order valence-corrected chi connectivity index (χ0v) is 15.1. The molecular formula is C18H18Cl2N4O. The molecule has 1 aliphatic rings. The second-order valence-electron chi connectivity index (χ2n) is 6.11. The van der Waals surface area contributed by atoms with Gasteiger partial charge in [-0.25, -0.2) is 4.98 Å². The topological polar surface area (TPSA) is 55.8 Å². The van der Waals surface area contributed by atoms with Crippen LogP contribution in [0.15, 0.2) is 36.5 Å². The Morgan fingerprint density at radius 1 is 1.12 bits per heavy atom. The van der Waals surface area contributed by atoms with Crippen LogP contribution in [0.3, 0.4) is 0 Å². The van der Waals surface area contributed by atoms with Gasteiger partial charge in [0.1, 0.15) is 5.65 Å². The van der Waals surface area contributed by atoms with Gasteiger partial charge in [-0.1, -0.05) is 23.2 Å². The van der Waals surface area contributed by atoms with Crippen molar-refractivity contribution in [3.63, 3.8) is 0 Å². The molecule has 1 fully saturated rings. The van der Waals surface area contributed by atoms with Crippen molar-refractivity contribution in [3.05, 3.63) is 52.3 Å². The van der Waals surface area contributed by atoms with E-state index in [1.54, 1.807) is 6.07 Å². The number of hydrogen-bond donors (Lipinski definition) is 1. The van der Waals surface area contributed by atoms with Crippen LogP contribution in [0.4, 0.5) is 5.69 Å². The minimum Gasteiger partial charge on any atom is -0.398 e. The molecule has 1 saturated heterocycles.